The maximum absolute atomic E-state index is 13.7. The minimum absolute atomic E-state index is 0.175. The Bertz CT molecular complexity index is 1390. The molecule has 9 nitrogen and oxygen atoms in total. The molecule has 0 saturated carbocycles. The van der Waals surface area contributed by atoms with Gasteiger partial charge in [0.25, 0.3) is 0 Å². The molecule has 2 amide bonds. The number of nitrogens with one attached hydrogen (secondary N) is 2. The molecule has 0 aliphatic rings. The third kappa shape index (κ3) is 6.18. The number of hydrogen-bond donors (Lipinski definition) is 2. The van der Waals surface area contributed by atoms with Gasteiger partial charge in [0.15, 0.2) is 0 Å². The van der Waals surface area contributed by atoms with Gasteiger partial charge in [-0.25, -0.2) is 14.6 Å². The quantitative estimate of drug-likeness (QED) is 0.140. The van der Waals surface area contributed by atoms with Crippen molar-refractivity contribution in [3.05, 3.63) is 95.8 Å². The highest BCUT2D eigenvalue weighted by atomic mass is 32.1. The van der Waals surface area contributed by atoms with Gasteiger partial charge in [-0.1, -0.05) is 53.8 Å². The highest BCUT2D eigenvalue weighted by Gasteiger charge is 2.16. The number of rotatable bonds is 6. The topological polar surface area (TPSA) is 123 Å². The van der Waals surface area contributed by atoms with Crippen LogP contribution in [0.4, 0.5) is 9.52 Å². The summed E-state index contributed by atoms with van der Waals surface area (Å²) in [7, 11) is 0. The third-order valence-electron chi connectivity index (χ3n) is 4.44. The second-order valence-corrected chi connectivity index (χ2v) is 7.85. The minimum Gasteiger partial charge on any atom is -0.423 e. The molecule has 0 radical (unpaired) electrons. The Hall–Kier alpha value is -4.77. The molecular formula is C24H16FN5O4S. The Balaban J connectivity index is 1.27. The first kappa shape index (κ1) is 23.4. The van der Waals surface area contributed by atoms with Gasteiger partial charge in [0, 0.05) is 5.56 Å². The van der Waals surface area contributed by atoms with Crippen LogP contribution >= 0.6 is 11.3 Å². The number of amides is 2. The number of carbonyl (C=O) groups excluding carboxylic acids is 3. The summed E-state index contributed by atoms with van der Waals surface area (Å²) in [6.07, 6.45) is 1.30. The van der Waals surface area contributed by atoms with Crippen molar-refractivity contribution in [3.8, 4) is 16.3 Å². The summed E-state index contributed by atoms with van der Waals surface area (Å²) in [5.41, 5.74) is 3.32. The molecule has 2 N–H and O–H groups in total. The predicted molar refractivity (Wildman–Crippen MR) is 128 cm³/mol. The number of hydrazone groups is 1. The molecule has 174 valence electrons. The number of hydrogen-bond acceptors (Lipinski definition) is 8. The van der Waals surface area contributed by atoms with E-state index in [2.05, 4.69) is 26.0 Å². The lowest BCUT2D eigenvalue weighted by Gasteiger charge is -2.05. The van der Waals surface area contributed by atoms with Crippen molar-refractivity contribution in [1.29, 1.82) is 0 Å². The monoisotopic (exact) mass is 489 g/mol. The fraction of sp³-hybridized carbons (Fsp3) is 0. The molecule has 0 aliphatic heterocycles. The fourth-order valence-corrected chi connectivity index (χ4v) is 3.50. The van der Waals surface area contributed by atoms with E-state index in [-0.39, 0.29) is 16.4 Å². The lowest BCUT2D eigenvalue weighted by molar-refractivity contribution is -0.136. The molecule has 0 bridgehead atoms. The summed E-state index contributed by atoms with van der Waals surface area (Å²) in [5.74, 6) is -3.25. The Kier molecular flexibility index (Phi) is 7.28. The molecule has 0 fully saturated rings. The zero-order valence-corrected chi connectivity index (χ0v) is 18.7. The average molecular weight is 489 g/mol. The molecule has 1 aromatic heterocycles. The van der Waals surface area contributed by atoms with Crippen LogP contribution < -0.4 is 15.5 Å². The predicted octanol–water partition coefficient (Wildman–Crippen LogP) is 3.65. The van der Waals surface area contributed by atoms with E-state index in [0.29, 0.717) is 10.6 Å². The van der Waals surface area contributed by atoms with E-state index < -0.39 is 23.6 Å². The molecule has 0 unspecified atom stereocenters. The summed E-state index contributed by atoms with van der Waals surface area (Å²) >= 11 is 1.13. The van der Waals surface area contributed by atoms with Crippen LogP contribution in [0.3, 0.4) is 0 Å². The van der Waals surface area contributed by atoms with Crippen LogP contribution in [0.25, 0.3) is 10.6 Å². The maximum Gasteiger partial charge on any atom is 0.346 e. The van der Waals surface area contributed by atoms with Gasteiger partial charge in [-0.2, -0.15) is 5.10 Å². The smallest absolute Gasteiger partial charge is 0.346 e. The zero-order valence-electron chi connectivity index (χ0n) is 17.8. The largest absolute Gasteiger partial charge is 0.423 e. The van der Waals surface area contributed by atoms with Gasteiger partial charge in [-0.05, 0) is 42.0 Å². The van der Waals surface area contributed by atoms with Crippen molar-refractivity contribution in [2.75, 3.05) is 5.32 Å². The van der Waals surface area contributed by atoms with Gasteiger partial charge in [-0.3, -0.25) is 14.9 Å². The van der Waals surface area contributed by atoms with Crippen molar-refractivity contribution in [2.24, 2.45) is 5.10 Å². The molecule has 0 spiro atoms. The molecule has 35 heavy (non-hydrogen) atoms. The molecule has 0 aliphatic carbocycles. The van der Waals surface area contributed by atoms with Gasteiger partial charge in [-0.15, -0.1) is 10.2 Å². The standard InChI is InChI=1S/C24H16FN5O4S/c25-19-9-5-4-8-18(19)23(33)34-17-12-10-15(11-13-17)14-26-28-21(32)20(31)27-24-30-29-22(35-24)16-6-2-1-3-7-16/h1-14H,(H,28,32)(H,27,30,31). The van der Waals surface area contributed by atoms with Gasteiger partial charge in [0.05, 0.1) is 11.8 Å². The highest BCUT2D eigenvalue weighted by Crippen LogP contribution is 2.25. The molecule has 4 aromatic rings. The van der Waals surface area contributed by atoms with Crippen molar-refractivity contribution >= 4 is 40.5 Å². The van der Waals surface area contributed by atoms with Crippen molar-refractivity contribution in [2.45, 2.75) is 0 Å². The first-order valence-corrected chi connectivity index (χ1v) is 10.9. The van der Waals surface area contributed by atoms with Crippen molar-refractivity contribution in [1.82, 2.24) is 15.6 Å². The maximum atomic E-state index is 13.7. The number of carbonyl (C=O) groups is 3. The summed E-state index contributed by atoms with van der Waals surface area (Å²) in [5, 5.41) is 14.7. The number of anilines is 1. The van der Waals surface area contributed by atoms with E-state index in [0.717, 1.165) is 16.9 Å². The van der Waals surface area contributed by atoms with Crippen LogP contribution in [-0.4, -0.2) is 34.2 Å². The Morgan fingerprint density at radius 1 is 0.886 bits per heavy atom. The van der Waals surface area contributed by atoms with Gasteiger partial charge in [0.2, 0.25) is 5.13 Å². The number of halogens is 1. The van der Waals surface area contributed by atoms with E-state index in [9.17, 15) is 18.8 Å². The Morgan fingerprint density at radius 2 is 1.60 bits per heavy atom. The van der Waals surface area contributed by atoms with Crippen LogP contribution in [0, 0.1) is 5.82 Å². The number of benzene rings is 3. The molecule has 1 heterocycles. The van der Waals surface area contributed by atoms with Crippen LogP contribution in [0.1, 0.15) is 15.9 Å². The summed E-state index contributed by atoms with van der Waals surface area (Å²) < 4.78 is 18.8. The fourth-order valence-electron chi connectivity index (χ4n) is 2.75. The van der Waals surface area contributed by atoms with E-state index >= 15 is 0 Å². The first-order chi connectivity index (χ1) is 17.0. The lowest BCUT2D eigenvalue weighted by Crippen LogP contribution is -2.32. The first-order valence-electron chi connectivity index (χ1n) is 10.1. The summed E-state index contributed by atoms with van der Waals surface area (Å²) in [4.78, 5) is 36.1. The molecule has 11 heteroatoms. The second-order valence-electron chi connectivity index (χ2n) is 6.87. The Labute approximate surface area is 202 Å². The van der Waals surface area contributed by atoms with Crippen LogP contribution in [0.2, 0.25) is 0 Å². The molecular weight excluding hydrogens is 473 g/mol. The summed E-state index contributed by atoms with van der Waals surface area (Å²) in [6, 6.07) is 20.9. The second kappa shape index (κ2) is 10.9. The van der Waals surface area contributed by atoms with Gasteiger partial charge >= 0.3 is 17.8 Å². The molecule has 0 atom stereocenters. The third-order valence-corrected chi connectivity index (χ3v) is 5.32. The van der Waals surface area contributed by atoms with E-state index in [1.165, 1.54) is 42.6 Å². The van der Waals surface area contributed by atoms with Crippen molar-refractivity contribution < 1.29 is 23.5 Å². The van der Waals surface area contributed by atoms with Crippen LogP contribution in [0.15, 0.2) is 84.0 Å². The van der Waals surface area contributed by atoms with E-state index in [1.54, 1.807) is 12.1 Å². The van der Waals surface area contributed by atoms with Crippen LogP contribution in [-0.2, 0) is 9.59 Å². The molecule has 0 saturated heterocycles. The van der Waals surface area contributed by atoms with Crippen LogP contribution in [0.5, 0.6) is 5.75 Å². The Morgan fingerprint density at radius 3 is 2.34 bits per heavy atom. The van der Waals surface area contributed by atoms with Gasteiger partial charge in [0.1, 0.15) is 16.6 Å². The molecule has 3 aromatic carbocycles. The molecule has 4 rings (SSSR count). The lowest BCUT2D eigenvalue weighted by atomic mass is 10.2. The van der Waals surface area contributed by atoms with Crippen molar-refractivity contribution in [3.63, 3.8) is 0 Å². The number of aromatic nitrogens is 2. The highest BCUT2D eigenvalue weighted by molar-refractivity contribution is 7.18. The number of ether oxygens (including phenoxy) is 1. The summed E-state index contributed by atoms with van der Waals surface area (Å²) in [6.45, 7) is 0. The number of esters is 1. The van der Waals surface area contributed by atoms with E-state index in [4.69, 9.17) is 4.74 Å². The normalized spacial score (nSPS) is 10.7. The van der Waals surface area contributed by atoms with Gasteiger partial charge < -0.3 is 4.74 Å². The SMILES string of the molecule is O=C(NN=Cc1ccc(OC(=O)c2ccccc2F)cc1)C(=O)Nc1nnc(-c2ccccc2)s1. The average Bonchev–Trinajstić information content (AvgIpc) is 3.34. The zero-order chi connectivity index (χ0) is 24.6. The van der Waals surface area contributed by atoms with E-state index in [1.807, 2.05) is 30.3 Å². The minimum atomic E-state index is -0.992. The number of nitrogens with zero attached hydrogens (tertiary/aromatic N) is 3.